The van der Waals surface area contributed by atoms with Crippen LogP contribution in [0.25, 0.3) is 0 Å². The number of anilines is 1. The Morgan fingerprint density at radius 1 is 1.07 bits per heavy atom. The number of aryl methyl sites for hydroxylation is 2. The maximum absolute atomic E-state index is 12.9. The first-order chi connectivity index (χ1) is 13.6. The minimum absolute atomic E-state index is 0.116. The van der Waals surface area contributed by atoms with Crippen LogP contribution in [0, 0.1) is 13.8 Å². The van der Waals surface area contributed by atoms with Crippen molar-refractivity contribution >= 4 is 17.7 Å². The number of hydrogen-bond acceptors (Lipinski definition) is 3. The Morgan fingerprint density at radius 2 is 1.69 bits per heavy atom. The minimum Gasteiger partial charge on any atom is -0.444 e. The molecule has 1 aliphatic heterocycles. The molecule has 1 fully saturated rings. The van der Waals surface area contributed by atoms with Gasteiger partial charge in [-0.05, 0) is 82.9 Å². The maximum atomic E-state index is 12.9. The minimum atomic E-state index is -0.492. The van der Waals surface area contributed by atoms with Crippen LogP contribution in [0.3, 0.4) is 0 Å². The second-order valence-corrected chi connectivity index (χ2v) is 8.83. The van der Waals surface area contributed by atoms with Crippen molar-refractivity contribution < 1.29 is 14.3 Å². The highest BCUT2D eigenvalue weighted by Crippen LogP contribution is 2.26. The van der Waals surface area contributed by atoms with Crippen LogP contribution in [0.15, 0.2) is 36.5 Å². The number of nitrogens with zero attached hydrogens (tertiary/aromatic N) is 2. The van der Waals surface area contributed by atoms with E-state index in [0.717, 1.165) is 29.7 Å². The van der Waals surface area contributed by atoms with Crippen LogP contribution in [0.5, 0.6) is 0 Å². The van der Waals surface area contributed by atoms with Gasteiger partial charge in [0.1, 0.15) is 11.3 Å². The third kappa shape index (κ3) is 5.40. The van der Waals surface area contributed by atoms with Crippen LogP contribution in [-0.4, -0.2) is 40.2 Å². The zero-order chi connectivity index (χ0) is 21.2. The Labute approximate surface area is 172 Å². The lowest BCUT2D eigenvalue weighted by Gasteiger charge is -2.34. The second kappa shape index (κ2) is 8.31. The van der Waals surface area contributed by atoms with Crippen LogP contribution in [-0.2, 0) is 4.74 Å². The number of hydrogen-bond donors (Lipinski definition) is 1. The molecule has 1 aliphatic rings. The normalized spacial score (nSPS) is 15.3. The summed E-state index contributed by atoms with van der Waals surface area (Å²) >= 11 is 0. The summed E-state index contributed by atoms with van der Waals surface area (Å²) in [6, 6.07) is 9.95. The van der Waals surface area contributed by atoms with Crippen molar-refractivity contribution in [3.63, 3.8) is 0 Å². The average Bonchev–Trinajstić information content (AvgIpc) is 3.09. The quantitative estimate of drug-likeness (QED) is 0.799. The first kappa shape index (κ1) is 21.0. The van der Waals surface area contributed by atoms with E-state index in [0.29, 0.717) is 18.8 Å². The number of aromatic nitrogens is 1. The predicted molar refractivity (Wildman–Crippen MR) is 114 cm³/mol. The van der Waals surface area contributed by atoms with Crippen LogP contribution in [0.1, 0.15) is 61.3 Å². The molecule has 3 rings (SSSR count). The van der Waals surface area contributed by atoms with Crippen molar-refractivity contribution in [1.82, 2.24) is 9.47 Å². The third-order valence-electron chi connectivity index (χ3n) is 5.00. The topological polar surface area (TPSA) is 63.6 Å². The fourth-order valence-electron chi connectivity index (χ4n) is 3.80. The van der Waals surface area contributed by atoms with Crippen LogP contribution < -0.4 is 5.32 Å². The van der Waals surface area contributed by atoms with E-state index in [9.17, 15) is 9.59 Å². The van der Waals surface area contributed by atoms with Gasteiger partial charge in [-0.1, -0.05) is 6.07 Å². The van der Waals surface area contributed by atoms with E-state index >= 15 is 0 Å². The summed E-state index contributed by atoms with van der Waals surface area (Å²) in [7, 11) is 0. The van der Waals surface area contributed by atoms with Crippen molar-refractivity contribution in [1.29, 1.82) is 0 Å². The van der Waals surface area contributed by atoms with Gasteiger partial charge in [-0.15, -0.1) is 0 Å². The Morgan fingerprint density at radius 3 is 2.28 bits per heavy atom. The predicted octanol–water partition coefficient (Wildman–Crippen LogP) is 4.93. The number of nitrogens with one attached hydrogen (secondary N) is 1. The van der Waals surface area contributed by atoms with Gasteiger partial charge in [0.05, 0.1) is 0 Å². The van der Waals surface area contributed by atoms with Gasteiger partial charge in [-0.3, -0.25) is 4.79 Å². The SMILES string of the molecule is Cc1cc(C)cc(NC(=O)c2cccn2C2CCN(C(=O)OC(C)(C)C)CC2)c1. The van der Waals surface area contributed by atoms with Crippen molar-refractivity contribution in [2.45, 2.75) is 59.1 Å². The van der Waals surface area contributed by atoms with Gasteiger partial charge in [-0.25, -0.2) is 4.79 Å². The van der Waals surface area contributed by atoms with Gasteiger partial charge in [-0.2, -0.15) is 0 Å². The summed E-state index contributed by atoms with van der Waals surface area (Å²) in [5.41, 5.74) is 3.18. The molecule has 6 heteroatoms. The molecule has 0 aliphatic carbocycles. The lowest BCUT2D eigenvalue weighted by molar-refractivity contribution is 0.0187. The van der Waals surface area contributed by atoms with Gasteiger partial charge in [0.15, 0.2) is 0 Å². The first-order valence-electron chi connectivity index (χ1n) is 10.2. The van der Waals surface area contributed by atoms with Crippen molar-refractivity contribution in [2.75, 3.05) is 18.4 Å². The molecule has 1 saturated heterocycles. The van der Waals surface area contributed by atoms with Gasteiger partial charge < -0.3 is 19.5 Å². The highest BCUT2D eigenvalue weighted by Gasteiger charge is 2.28. The molecule has 2 amide bonds. The molecule has 29 heavy (non-hydrogen) atoms. The molecule has 0 unspecified atom stereocenters. The number of amides is 2. The summed E-state index contributed by atoms with van der Waals surface area (Å²) in [6.07, 6.45) is 3.26. The van der Waals surface area contributed by atoms with Crippen LogP contribution in [0.2, 0.25) is 0 Å². The lowest BCUT2D eigenvalue weighted by Crippen LogP contribution is -2.42. The number of ether oxygens (including phenoxy) is 1. The summed E-state index contributed by atoms with van der Waals surface area (Å²) in [4.78, 5) is 26.9. The molecule has 0 bridgehead atoms. The van der Waals surface area contributed by atoms with E-state index in [1.54, 1.807) is 4.90 Å². The number of piperidine rings is 1. The highest BCUT2D eigenvalue weighted by molar-refractivity contribution is 6.03. The largest absolute Gasteiger partial charge is 0.444 e. The van der Waals surface area contributed by atoms with E-state index in [-0.39, 0.29) is 18.0 Å². The van der Waals surface area contributed by atoms with Gasteiger partial charge >= 0.3 is 6.09 Å². The van der Waals surface area contributed by atoms with Gasteiger partial charge in [0, 0.05) is 31.0 Å². The number of benzene rings is 1. The third-order valence-corrected chi connectivity index (χ3v) is 5.00. The van der Waals surface area contributed by atoms with Crippen molar-refractivity contribution in [3.05, 3.63) is 53.3 Å². The lowest BCUT2D eigenvalue weighted by atomic mass is 10.0. The van der Waals surface area contributed by atoms with E-state index in [4.69, 9.17) is 4.74 Å². The summed E-state index contributed by atoms with van der Waals surface area (Å²) in [6.45, 7) is 10.9. The van der Waals surface area contributed by atoms with Crippen LogP contribution in [0.4, 0.5) is 10.5 Å². The molecule has 1 aromatic heterocycles. The summed E-state index contributed by atoms with van der Waals surface area (Å²) in [5, 5.41) is 3.01. The molecule has 0 saturated carbocycles. The highest BCUT2D eigenvalue weighted by atomic mass is 16.6. The van der Waals surface area contributed by atoms with Crippen molar-refractivity contribution in [2.24, 2.45) is 0 Å². The zero-order valence-corrected chi connectivity index (χ0v) is 18.0. The molecule has 1 aromatic carbocycles. The Hall–Kier alpha value is -2.76. The number of likely N-dealkylation sites (tertiary alicyclic amines) is 1. The van der Waals surface area contributed by atoms with Crippen molar-refractivity contribution in [3.8, 4) is 0 Å². The fourth-order valence-corrected chi connectivity index (χ4v) is 3.80. The van der Waals surface area contributed by atoms with Gasteiger partial charge in [0.2, 0.25) is 0 Å². The molecule has 0 spiro atoms. The van der Waals surface area contributed by atoms with Crippen LogP contribution >= 0.6 is 0 Å². The summed E-state index contributed by atoms with van der Waals surface area (Å²) < 4.78 is 7.50. The maximum Gasteiger partial charge on any atom is 0.410 e. The molecule has 0 radical (unpaired) electrons. The standard InChI is InChI=1S/C23H31N3O3/c1-16-13-17(2)15-18(14-16)24-21(27)20-7-6-10-26(20)19-8-11-25(12-9-19)22(28)29-23(3,4)5/h6-7,10,13-15,19H,8-9,11-12H2,1-5H3,(H,24,27). The molecule has 2 aromatic rings. The number of rotatable bonds is 3. The Kier molecular flexibility index (Phi) is 6.01. The summed E-state index contributed by atoms with van der Waals surface area (Å²) in [5.74, 6) is -0.116. The zero-order valence-electron chi connectivity index (χ0n) is 18.0. The molecular weight excluding hydrogens is 366 g/mol. The second-order valence-electron chi connectivity index (χ2n) is 8.83. The number of carbonyl (C=O) groups excluding carboxylic acids is 2. The smallest absolute Gasteiger partial charge is 0.410 e. The molecule has 156 valence electrons. The van der Waals surface area contributed by atoms with E-state index < -0.39 is 5.60 Å². The monoisotopic (exact) mass is 397 g/mol. The number of carbonyl (C=O) groups is 2. The fraction of sp³-hybridized carbons (Fsp3) is 0.478. The molecule has 0 atom stereocenters. The van der Waals surface area contributed by atoms with E-state index in [1.807, 2.05) is 69.6 Å². The Bertz CT molecular complexity index is 867. The molecule has 6 nitrogen and oxygen atoms in total. The first-order valence-corrected chi connectivity index (χ1v) is 10.2. The van der Waals surface area contributed by atoms with E-state index in [2.05, 4.69) is 11.4 Å². The molecule has 2 heterocycles. The Balaban J connectivity index is 1.65. The molecular formula is C23H31N3O3. The molecule has 1 N–H and O–H groups in total. The van der Waals surface area contributed by atoms with E-state index in [1.165, 1.54) is 0 Å². The van der Waals surface area contributed by atoms with Gasteiger partial charge in [0.25, 0.3) is 5.91 Å². The average molecular weight is 398 g/mol.